The van der Waals surface area contributed by atoms with E-state index in [9.17, 15) is 14.9 Å². The predicted octanol–water partition coefficient (Wildman–Crippen LogP) is 3.28. The molecular formula is C20H19N5O5S. The first-order valence-electron chi connectivity index (χ1n) is 9.38. The highest BCUT2D eigenvalue weighted by Crippen LogP contribution is 2.35. The zero-order valence-electron chi connectivity index (χ0n) is 16.8. The Morgan fingerprint density at radius 3 is 2.84 bits per heavy atom. The highest BCUT2D eigenvalue weighted by Gasteiger charge is 2.27. The number of carbonyl (C=O) groups is 1. The first kappa shape index (κ1) is 20.7. The van der Waals surface area contributed by atoms with Gasteiger partial charge < -0.3 is 19.4 Å². The third-order valence-electron chi connectivity index (χ3n) is 4.70. The average Bonchev–Trinajstić information content (AvgIpc) is 3.13. The molecule has 1 N–H and O–H groups in total. The minimum Gasteiger partial charge on any atom is -0.485 e. The molecule has 31 heavy (non-hydrogen) atoms. The number of carbonyl (C=O) groups excluding carboxylic acids is 1. The molecule has 11 heteroatoms. The molecule has 0 saturated heterocycles. The second-order valence-electron chi connectivity index (χ2n) is 6.86. The zero-order valence-corrected chi connectivity index (χ0v) is 17.6. The summed E-state index contributed by atoms with van der Waals surface area (Å²) >= 11 is 1.21. The number of nitro groups is 1. The van der Waals surface area contributed by atoms with Gasteiger partial charge in [-0.05, 0) is 24.6 Å². The molecule has 1 atom stereocenters. The molecule has 1 amide bonds. The minimum absolute atomic E-state index is 0.0684. The number of hydrogen-bond acceptors (Lipinski definition) is 8. The van der Waals surface area contributed by atoms with Crippen LogP contribution in [-0.4, -0.2) is 38.0 Å². The molecule has 0 saturated carbocycles. The lowest BCUT2D eigenvalue weighted by Gasteiger charge is -2.25. The van der Waals surface area contributed by atoms with Crippen molar-refractivity contribution >= 4 is 29.0 Å². The molecule has 1 aromatic heterocycles. The van der Waals surface area contributed by atoms with Crippen LogP contribution in [0.1, 0.15) is 17.5 Å². The van der Waals surface area contributed by atoms with Crippen LogP contribution in [0.5, 0.6) is 11.5 Å². The van der Waals surface area contributed by atoms with Gasteiger partial charge >= 0.3 is 0 Å². The Bertz CT molecular complexity index is 1150. The van der Waals surface area contributed by atoms with Crippen molar-refractivity contribution in [2.24, 2.45) is 7.05 Å². The molecule has 1 unspecified atom stereocenters. The van der Waals surface area contributed by atoms with E-state index in [1.165, 1.54) is 23.9 Å². The summed E-state index contributed by atoms with van der Waals surface area (Å²) in [5.74, 6) is 1.68. The van der Waals surface area contributed by atoms with E-state index < -0.39 is 11.0 Å². The number of anilines is 1. The molecule has 1 aliphatic heterocycles. The molecule has 160 valence electrons. The Hall–Kier alpha value is -3.60. The van der Waals surface area contributed by atoms with Crippen LogP contribution in [0.25, 0.3) is 0 Å². The van der Waals surface area contributed by atoms with Crippen LogP contribution in [0, 0.1) is 17.0 Å². The van der Waals surface area contributed by atoms with Crippen LogP contribution in [-0.2, 0) is 11.8 Å². The number of rotatable bonds is 6. The van der Waals surface area contributed by atoms with Crippen molar-refractivity contribution in [1.82, 2.24) is 14.8 Å². The number of nitro benzene ring substituents is 1. The first-order chi connectivity index (χ1) is 14.9. The summed E-state index contributed by atoms with van der Waals surface area (Å²) in [6.07, 6.45) is -0.414. The van der Waals surface area contributed by atoms with E-state index in [0.717, 1.165) is 5.56 Å². The van der Waals surface area contributed by atoms with Crippen molar-refractivity contribution in [3.8, 4) is 11.5 Å². The summed E-state index contributed by atoms with van der Waals surface area (Å²) in [5, 5.41) is 22.6. The summed E-state index contributed by atoms with van der Waals surface area (Å²) < 4.78 is 13.5. The molecule has 4 rings (SSSR count). The predicted molar refractivity (Wildman–Crippen MR) is 113 cm³/mol. The first-order valence-corrected chi connectivity index (χ1v) is 10.4. The standard InChI is InChI=1S/C20H19N5O5S/c1-12-7-8-13(25(27)28)9-14(12)21-18(26)11-31-20-23-22-19(24(20)2)17-10-29-15-5-3-4-6-16(15)30-17/h3-9,17H,10-11H2,1-2H3,(H,21,26). The fraction of sp³-hybridized carbons (Fsp3) is 0.250. The fourth-order valence-corrected chi connectivity index (χ4v) is 3.77. The summed E-state index contributed by atoms with van der Waals surface area (Å²) in [5.41, 5.74) is 1.06. The normalized spacial score (nSPS) is 14.8. The number of ether oxygens (including phenoxy) is 2. The van der Waals surface area contributed by atoms with E-state index in [-0.39, 0.29) is 17.3 Å². The van der Waals surface area contributed by atoms with Crippen molar-refractivity contribution in [3.05, 3.63) is 64.0 Å². The lowest BCUT2D eigenvalue weighted by molar-refractivity contribution is -0.384. The van der Waals surface area contributed by atoms with Crippen molar-refractivity contribution < 1.29 is 19.2 Å². The maximum Gasteiger partial charge on any atom is 0.271 e. The van der Waals surface area contributed by atoms with Crippen LogP contribution in [0.2, 0.25) is 0 Å². The SMILES string of the molecule is Cc1ccc([N+](=O)[O-])cc1NC(=O)CSc1nnc(C2COc3ccccc3O2)n1C. The Morgan fingerprint density at radius 1 is 1.29 bits per heavy atom. The third-order valence-corrected chi connectivity index (χ3v) is 5.72. The molecule has 2 aromatic carbocycles. The molecule has 0 bridgehead atoms. The van der Waals surface area contributed by atoms with Gasteiger partial charge in [-0.2, -0.15) is 0 Å². The molecular weight excluding hydrogens is 422 g/mol. The lowest BCUT2D eigenvalue weighted by atomic mass is 10.2. The Balaban J connectivity index is 1.39. The maximum absolute atomic E-state index is 12.4. The van der Waals surface area contributed by atoms with Crippen molar-refractivity contribution in [3.63, 3.8) is 0 Å². The zero-order chi connectivity index (χ0) is 22.0. The highest BCUT2D eigenvalue weighted by molar-refractivity contribution is 7.99. The van der Waals surface area contributed by atoms with E-state index in [0.29, 0.717) is 34.8 Å². The van der Waals surface area contributed by atoms with Crippen LogP contribution in [0.3, 0.4) is 0 Å². The quantitative estimate of drug-likeness (QED) is 0.351. The van der Waals surface area contributed by atoms with Crippen molar-refractivity contribution in [1.29, 1.82) is 0 Å². The number of aryl methyl sites for hydroxylation is 1. The van der Waals surface area contributed by atoms with Crippen molar-refractivity contribution in [2.75, 3.05) is 17.7 Å². The van der Waals surface area contributed by atoms with Crippen molar-refractivity contribution in [2.45, 2.75) is 18.2 Å². The van der Waals surface area contributed by atoms with Crippen LogP contribution in [0.15, 0.2) is 47.6 Å². The van der Waals surface area contributed by atoms with E-state index in [1.807, 2.05) is 24.3 Å². The van der Waals surface area contributed by atoms with Gasteiger partial charge in [0.1, 0.15) is 6.61 Å². The maximum atomic E-state index is 12.4. The number of aromatic nitrogens is 3. The van der Waals surface area contributed by atoms with E-state index in [1.54, 1.807) is 24.6 Å². The number of nitrogens with zero attached hydrogens (tertiary/aromatic N) is 4. The highest BCUT2D eigenvalue weighted by atomic mass is 32.2. The number of fused-ring (bicyclic) bond motifs is 1. The largest absolute Gasteiger partial charge is 0.485 e. The minimum atomic E-state index is -0.500. The van der Waals surface area contributed by atoms with Crippen LogP contribution < -0.4 is 14.8 Å². The van der Waals surface area contributed by atoms with Gasteiger partial charge in [0.2, 0.25) is 5.91 Å². The summed E-state index contributed by atoms with van der Waals surface area (Å²) in [6.45, 7) is 2.08. The molecule has 1 aliphatic rings. The number of non-ortho nitro benzene ring substituents is 1. The monoisotopic (exact) mass is 441 g/mol. The molecule has 3 aromatic rings. The van der Waals surface area contributed by atoms with E-state index >= 15 is 0 Å². The number of amides is 1. The lowest BCUT2D eigenvalue weighted by Crippen LogP contribution is -2.24. The molecule has 10 nitrogen and oxygen atoms in total. The van der Waals surface area contributed by atoms with E-state index in [2.05, 4.69) is 15.5 Å². The topological polar surface area (TPSA) is 121 Å². The van der Waals surface area contributed by atoms with Gasteiger partial charge in [-0.3, -0.25) is 14.9 Å². The molecule has 2 heterocycles. The summed E-state index contributed by atoms with van der Waals surface area (Å²) in [6, 6.07) is 11.7. The van der Waals surface area contributed by atoms with E-state index in [4.69, 9.17) is 9.47 Å². The van der Waals surface area contributed by atoms with Crippen LogP contribution in [0.4, 0.5) is 11.4 Å². The number of benzene rings is 2. The number of hydrogen-bond donors (Lipinski definition) is 1. The smallest absolute Gasteiger partial charge is 0.271 e. The van der Waals surface area contributed by atoms with Crippen LogP contribution >= 0.6 is 11.8 Å². The van der Waals surface area contributed by atoms with Gasteiger partial charge in [-0.15, -0.1) is 10.2 Å². The average molecular weight is 441 g/mol. The summed E-state index contributed by atoms with van der Waals surface area (Å²) in [7, 11) is 1.80. The van der Waals surface area contributed by atoms with Gasteiger partial charge in [0, 0.05) is 19.2 Å². The fourth-order valence-electron chi connectivity index (χ4n) is 3.05. The summed E-state index contributed by atoms with van der Waals surface area (Å²) in [4.78, 5) is 22.8. The van der Waals surface area contributed by atoms with Gasteiger partial charge in [-0.25, -0.2) is 0 Å². The number of thioether (sulfide) groups is 1. The van der Waals surface area contributed by atoms with Gasteiger partial charge in [0.15, 0.2) is 28.6 Å². The van der Waals surface area contributed by atoms with Gasteiger partial charge in [0.05, 0.1) is 16.4 Å². The Kier molecular flexibility index (Phi) is 5.76. The molecule has 0 radical (unpaired) electrons. The Morgan fingerprint density at radius 2 is 2.06 bits per heavy atom. The van der Waals surface area contributed by atoms with Gasteiger partial charge in [-0.1, -0.05) is 30.0 Å². The number of nitrogens with one attached hydrogen (secondary N) is 1. The van der Waals surface area contributed by atoms with Gasteiger partial charge in [0.25, 0.3) is 5.69 Å². The Labute approximate surface area is 181 Å². The molecule has 0 aliphatic carbocycles. The third kappa shape index (κ3) is 4.45. The molecule has 0 fully saturated rings. The second-order valence-corrected chi connectivity index (χ2v) is 7.80. The number of para-hydroxylation sites is 2. The molecule has 0 spiro atoms. The second kappa shape index (κ2) is 8.64.